The molecule has 0 fully saturated rings. The summed E-state index contributed by atoms with van der Waals surface area (Å²) in [7, 11) is -3.95. The van der Waals surface area contributed by atoms with Crippen molar-refractivity contribution in [3.63, 3.8) is 0 Å². The van der Waals surface area contributed by atoms with Gasteiger partial charge >= 0.3 is 13.8 Å². The molecule has 0 aromatic heterocycles. The molecule has 0 saturated heterocycles. The molecule has 3 N–H and O–H groups in total. The van der Waals surface area contributed by atoms with Crippen molar-refractivity contribution in [1.29, 1.82) is 0 Å². The molecule has 0 radical (unpaired) electrons. The summed E-state index contributed by atoms with van der Waals surface area (Å²) in [6.45, 7) is 13.1. The van der Waals surface area contributed by atoms with Gasteiger partial charge in [0.1, 0.15) is 6.10 Å². The smallest absolute Gasteiger partial charge is 0.462 e. The number of rotatable bonds is 39. The largest absolute Gasteiger partial charge is 0.475 e. The molecule has 0 spiro atoms. The van der Waals surface area contributed by atoms with Crippen LogP contribution in [0.4, 0.5) is 0 Å². The van der Waals surface area contributed by atoms with Gasteiger partial charge in [0, 0.05) is 19.6 Å². The molecule has 0 bridgehead atoms. The Hall–Kier alpha value is -1.55. The second-order valence-electron chi connectivity index (χ2n) is 14.1. The number of carbonyl (C=O) groups is 2. The fraction of sp³-hybridized carbons (Fsp3) is 0.854. The highest BCUT2D eigenvalue weighted by Gasteiger charge is 2.29. The maximum Gasteiger partial charge on any atom is 0.475 e. The predicted octanol–water partition coefficient (Wildman–Crippen LogP) is 10.5. The van der Waals surface area contributed by atoms with Crippen molar-refractivity contribution < 1.29 is 37.2 Å². The summed E-state index contributed by atoms with van der Waals surface area (Å²) in [5.41, 5.74) is 5.55. The van der Waals surface area contributed by atoms with Crippen LogP contribution in [-0.4, -0.2) is 63.6 Å². The quantitative estimate of drug-likeness (QED) is 0.0272. The van der Waals surface area contributed by atoms with E-state index in [1.807, 2.05) is 0 Å². The lowest BCUT2D eigenvalue weighted by Crippen LogP contribution is -2.43. The van der Waals surface area contributed by atoms with Crippen LogP contribution in [0.2, 0.25) is 0 Å². The summed E-state index contributed by atoms with van der Waals surface area (Å²) in [5, 5.41) is 2.98. The summed E-state index contributed by atoms with van der Waals surface area (Å²) >= 11 is 0. The van der Waals surface area contributed by atoms with Gasteiger partial charge in [-0.25, -0.2) is 4.57 Å². The Morgan fingerprint density at radius 2 is 1.37 bits per heavy atom. The van der Waals surface area contributed by atoms with E-state index in [0.717, 1.165) is 57.8 Å². The monoisotopic (exact) mass is 759 g/mol. The number of hydrogen-bond donors (Lipinski definition) is 2. The minimum absolute atomic E-state index is 0.0150. The third kappa shape index (κ3) is 31.9. The Balaban J connectivity index is 5.32. The van der Waals surface area contributed by atoms with Gasteiger partial charge in [-0.15, -0.1) is 6.58 Å². The molecule has 2 unspecified atom stereocenters. The van der Waals surface area contributed by atoms with Gasteiger partial charge in [0.2, 0.25) is 5.91 Å². The first-order valence-electron chi connectivity index (χ1n) is 20.8. The highest BCUT2D eigenvalue weighted by Crippen LogP contribution is 2.49. The molecular formula is C41H79N2O8P. The van der Waals surface area contributed by atoms with Crippen LogP contribution in [0.5, 0.6) is 0 Å². The summed E-state index contributed by atoms with van der Waals surface area (Å²) in [6, 6.07) is -0.631. The van der Waals surface area contributed by atoms with Gasteiger partial charge in [-0.05, 0) is 50.9 Å². The number of amides is 1. The Morgan fingerprint density at radius 3 is 2.00 bits per heavy atom. The van der Waals surface area contributed by atoms with E-state index < -0.39 is 20.0 Å². The third-order valence-electron chi connectivity index (χ3n) is 8.87. The minimum atomic E-state index is -3.95. The van der Waals surface area contributed by atoms with E-state index in [0.29, 0.717) is 31.8 Å². The topological polar surface area (TPSA) is 135 Å². The zero-order valence-corrected chi connectivity index (χ0v) is 34.7. The molecule has 10 nitrogen and oxygen atoms in total. The van der Waals surface area contributed by atoms with Crippen molar-refractivity contribution in [2.45, 2.75) is 181 Å². The number of allylic oxidation sites excluding steroid dienone is 2. The van der Waals surface area contributed by atoms with Crippen molar-refractivity contribution in [2.24, 2.45) is 11.7 Å². The molecule has 11 heteroatoms. The number of carbonyl (C=O) groups excluding carboxylic acids is 2. The predicted molar refractivity (Wildman–Crippen MR) is 214 cm³/mol. The second-order valence-corrected chi connectivity index (χ2v) is 15.8. The molecule has 0 aromatic carbocycles. The summed E-state index contributed by atoms with van der Waals surface area (Å²) in [5.74, 6) is -0.0371. The van der Waals surface area contributed by atoms with E-state index in [4.69, 9.17) is 28.8 Å². The van der Waals surface area contributed by atoms with E-state index in [1.165, 1.54) is 63.9 Å². The third-order valence-corrected chi connectivity index (χ3v) is 10.3. The normalized spacial score (nSPS) is 14.6. The number of phosphoric acid groups is 1. The van der Waals surface area contributed by atoms with Crippen LogP contribution in [-0.2, 0) is 37.2 Å². The number of unbranched alkanes of at least 4 members (excludes halogenated alkanes) is 13. The van der Waals surface area contributed by atoms with E-state index in [-0.39, 0.29) is 51.3 Å². The van der Waals surface area contributed by atoms with Gasteiger partial charge < -0.3 is 20.5 Å². The number of esters is 1. The zero-order valence-electron chi connectivity index (χ0n) is 33.8. The van der Waals surface area contributed by atoms with Gasteiger partial charge in [-0.3, -0.25) is 23.2 Å². The standard InChI is InChI=1S/C41H79N2O8P/c1-6-10-13-16-17-18-19-22-25-28-41(45)51-39(27-24-21-15-12-8-3)34-40(44)43-38(36-50-52(46,48-31-9-4)49-33-30-42)35-47-32-29-37(5)26-23-20-14-11-7-2/h9,18-19,37-39H,4,6-8,10-17,20-36,42H2,1-3,5H3,(H,43,44)/b19-18-/t37-,38?,39-,52?/m1/s1. The average Bonchev–Trinajstić information content (AvgIpc) is 3.12. The molecule has 0 aliphatic heterocycles. The molecule has 306 valence electrons. The lowest BCUT2D eigenvalue weighted by molar-refractivity contribution is -0.151. The highest BCUT2D eigenvalue weighted by atomic mass is 31.2. The Bertz CT molecular complexity index is 934. The molecule has 0 rings (SSSR count). The Labute approximate surface area is 318 Å². The van der Waals surface area contributed by atoms with Crippen molar-refractivity contribution in [3.8, 4) is 0 Å². The van der Waals surface area contributed by atoms with Crippen LogP contribution in [0.3, 0.4) is 0 Å². The van der Waals surface area contributed by atoms with Crippen molar-refractivity contribution in [2.75, 3.05) is 39.6 Å². The fourth-order valence-corrected chi connectivity index (χ4v) is 6.89. The molecular weight excluding hydrogens is 679 g/mol. The van der Waals surface area contributed by atoms with Crippen molar-refractivity contribution in [1.82, 2.24) is 5.32 Å². The second kappa shape index (κ2) is 36.4. The van der Waals surface area contributed by atoms with Crippen molar-refractivity contribution in [3.05, 3.63) is 24.8 Å². The SMILES string of the molecule is C=CCOP(=O)(OCCN)OCC(COCC[C@H](C)CCCCCCC)NC(=O)C[C@@H](CCCCCCC)OC(=O)CCC/C=C\CCCCCC. The van der Waals surface area contributed by atoms with Crippen LogP contribution in [0.1, 0.15) is 169 Å². The van der Waals surface area contributed by atoms with Crippen LogP contribution in [0.25, 0.3) is 0 Å². The van der Waals surface area contributed by atoms with Gasteiger partial charge in [0.05, 0.1) is 38.9 Å². The maximum atomic E-state index is 13.4. The van der Waals surface area contributed by atoms with Gasteiger partial charge in [0.15, 0.2) is 0 Å². The van der Waals surface area contributed by atoms with Crippen molar-refractivity contribution >= 4 is 19.7 Å². The van der Waals surface area contributed by atoms with Gasteiger partial charge in [-0.1, -0.05) is 129 Å². The Morgan fingerprint density at radius 1 is 0.750 bits per heavy atom. The lowest BCUT2D eigenvalue weighted by Gasteiger charge is -2.24. The number of hydrogen-bond acceptors (Lipinski definition) is 9. The maximum absolute atomic E-state index is 13.4. The molecule has 4 atom stereocenters. The van der Waals surface area contributed by atoms with E-state index in [2.05, 4.69) is 51.7 Å². The highest BCUT2D eigenvalue weighted by molar-refractivity contribution is 7.48. The molecule has 0 aliphatic rings. The van der Waals surface area contributed by atoms with Crippen LogP contribution in [0.15, 0.2) is 24.8 Å². The zero-order chi connectivity index (χ0) is 38.5. The first-order chi connectivity index (χ1) is 25.2. The van der Waals surface area contributed by atoms with E-state index in [1.54, 1.807) is 0 Å². The molecule has 0 heterocycles. The first-order valence-corrected chi connectivity index (χ1v) is 22.3. The molecule has 0 aliphatic carbocycles. The molecule has 0 saturated carbocycles. The van der Waals surface area contributed by atoms with Crippen LogP contribution < -0.4 is 11.1 Å². The van der Waals surface area contributed by atoms with Crippen LogP contribution >= 0.6 is 7.82 Å². The average molecular weight is 759 g/mol. The fourth-order valence-electron chi connectivity index (χ4n) is 5.69. The Kier molecular flexibility index (Phi) is 35.3. The molecule has 1 amide bonds. The number of phosphoric ester groups is 1. The molecule has 0 aromatic rings. The summed E-state index contributed by atoms with van der Waals surface area (Å²) in [6.07, 6.45) is 27.5. The van der Waals surface area contributed by atoms with Crippen LogP contribution in [0, 0.1) is 5.92 Å². The first kappa shape index (κ1) is 50.5. The molecule has 52 heavy (non-hydrogen) atoms. The minimum Gasteiger partial charge on any atom is -0.462 e. The van der Waals surface area contributed by atoms with E-state index >= 15 is 0 Å². The summed E-state index contributed by atoms with van der Waals surface area (Å²) in [4.78, 5) is 26.3. The lowest BCUT2D eigenvalue weighted by atomic mass is 9.99. The summed E-state index contributed by atoms with van der Waals surface area (Å²) < 4.78 is 41.4. The van der Waals surface area contributed by atoms with Gasteiger partial charge in [-0.2, -0.15) is 0 Å². The number of nitrogens with one attached hydrogen (secondary N) is 1. The van der Waals surface area contributed by atoms with E-state index in [9.17, 15) is 14.2 Å². The number of ether oxygens (including phenoxy) is 2. The van der Waals surface area contributed by atoms with Gasteiger partial charge in [0.25, 0.3) is 0 Å². The number of nitrogens with two attached hydrogens (primary N) is 1.